The van der Waals surface area contributed by atoms with Gasteiger partial charge in [-0.15, -0.1) is 0 Å². The minimum Gasteiger partial charge on any atom is -0.377 e. The Kier molecular flexibility index (Phi) is 8.35. The lowest BCUT2D eigenvalue weighted by atomic mass is 10.3. The van der Waals surface area contributed by atoms with Gasteiger partial charge in [0.25, 0.3) is 0 Å². The van der Waals surface area contributed by atoms with Crippen LogP contribution in [0.25, 0.3) is 0 Å². The number of nitrogens with one attached hydrogen (secondary N) is 3. The second kappa shape index (κ2) is 8.95. The Balaban J connectivity index is 3.71. The summed E-state index contributed by atoms with van der Waals surface area (Å²) in [6.07, 6.45) is 1.27. The highest BCUT2D eigenvalue weighted by molar-refractivity contribution is 5.86. The second-order valence-corrected chi connectivity index (χ2v) is 3.99. The minimum atomic E-state index is -0.755. The van der Waals surface area contributed by atoms with Gasteiger partial charge in [-0.3, -0.25) is 14.9 Å². The standard InChI is InChI=1S/C11H23N3O3/c1-4-5-6-12-10(16)7-13-11(17)8(2)14-9(3)15/h8,10,12,16H,4-7H2,1-3H3,(H,13,17)(H,14,15)/t8-,10+/m1/s1. The number of unbranched alkanes of at least 4 members (excludes halogenated alkanes) is 1. The largest absolute Gasteiger partial charge is 0.377 e. The molecule has 0 aromatic carbocycles. The molecule has 6 heteroatoms. The number of amides is 2. The number of rotatable bonds is 8. The van der Waals surface area contributed by atoms with Crippen molar-refractivity contribution < 1.29 is 14.7 Å². The van der Waals surface area contributed by atoms with E-state index >= 15 is 0 Å². The van der Waals surface area contributed by atoms with Gasteiger partial charge in [0.15, 0.2) is 0 Å². The molecule has 0 spiro atoms. The molecule has 0 aliphatic heterocycles. The van der Waals surface area contributed by atoms with Crippen molar-refractivity contribution in [1.82, 2.24) is 16.0 Å². The number of carbonyl (C=O) groups is 2. The summed E-state index contributed by atoms with van der Waals surface area (Å²) in [5.41, 5.74) is 0. The molecular formula is C11H23N3O3. The van der Waals surface area contributed by atoms with Crippen molar-refractivity contribution in [1.29, 1.82) is 0 Å². The van der Waals surface area contributed by atoms with Gasteiger partial charge in [0.1, 0.15) is 12.3 Å². The highest BCUT2D eigenvalue weighted by Gasteiger charge is 2.14. The van der Waals surface area contributed by atoms with Gasteiger partial charge in [-0.1, -0.05) is 13.3 Å². The van der Waals surface area contributed by atoms with Gasteiger partial charge in [-0.2, -0.15) is 0 Å². The van der Waals surface area contributed by atoms with Gasteiger partial charge in [-0.05, 0) is 19.9 Å². The van der Waals surface area contributed by atoms with Crippen LogP contribution >= 0.6 is 0 Å². The lowest BCUT2D eigenvalue weighted by Crippen LogP contribution is -2.48. The fourth-order valence-electron chi connectivity index (χ4n) is 1.24. The SMILES string of the molecule is CCCCN[C@@H](O)CNC(=O)[C@@H](C)NC(C)=O. The van der Waals surface area contributed by atoms with Gasteiger partial charge < -0.3 is 15.7 Å². The molecule has 0 rings (SSSR count). The summed E-state index contributed by atoms with van der Waals surface area (Å²) in [5, 5.41) is 17.4. The van der Waals surface area contributed by atoms with Gasteiger partial charge in [0.2, 0.25) is 11.8 Å². The van der Waals surface area contributed by atoms with Crippen LogP contribution < -0.4 is 16.0 Å². The van der Waals surface area contributed by atoms with Crippen molar-refractivity contribution in [3.8, 4) is 0 Å². The Morgan fingerprint density at radius 1 is 1.35 bits per heavy atom. The second-order valence-electron chi connectivity index (χ2n) is 3.99. The van der Waals surface area contributed by atoms with Gasteiger partial charge in [-0.25, -0.2) is 0 Å². The van der Waals surface area contributed by atoms with E-state index in [9.17, 15) is 14.7 Å². The highest BCUT2D eigenvalue weighted by atomic mass is 16.3. The van der Waals surface area contributed by atoms with Crippen molar-refractivity contribution in [3.63, 3.8) is 0 Å². The molecule has 0 fully saturated rings. The Morgan fingerprint density at radius 3 is 2.53 bits per heavy atom. The molecule has 0 heterocycles. The Morgan fingerprint density at radius 2 is 2.00 bits per heavy atom. The zero-order valence-corrected chi connectivity index (χ0v) is 10.7. The molecule has 17 heavy (non-hydrogen) atoms. The number of hydrogen-bond acceptors (Lipinski definition) is 4. The zero-order valence-electron chi connectivity index (χ0n) is 10.7. The summed E-state index contributed by atoms with van der Waals surface area (Å²) in [7, 11) is 0. The number of aliphatic hydroxyl groups is 1. The topological polar surface area (TPSA) is 90.5 Å². The first-order chi connectivity index (χ1) is 7.97. The van der Waals surface area contributed by atoms with Crippen LogP contribution in [0.5, 0.6) is 0 Å². The molecule has 0 saturated carbocycles. The molecule has 2 atom stereocenters. The van der Waals surface area contributed by atoms with E-state index in [0.717, 1.165) is 19.4 Å². The average Bonchev–Trinajstić information content (AvgIpc) is 2.25. The van der Waals surface area contributed by atoms with Crippen molar-refractivity contribution in [2.24, 2.45) is 0 Å². The average molecular weight is 245 g/mol. The van der Waals surface area contributed by atoms with E-state index in [2.05, 4.69) is 22.9 Å². The monoisotopic (exact) mass is 245 g/mol. The summed E-state index contributed by atoms with van der Waals surface area (Å²) in [6, 6.07) is -0.588. The van der Waals surface area contributed by atoms with Gasteiger partial charge >= 0.3 is 0 Å². The molecule has 0 unspecified atom stereocenters. The first kappa shape index (κ1) is 15.9. The maximum atomic E-state index is 11.4. The van der Waals surface area contributed by atoms with Crippen LogP contribution in [-0.2, 0) is 9.59 Å². The Hall–Kier alpha value is -1.14. The molecule has 100 valence electrons. The molecule has 0 aliphatic carbocycles. The smallest absolute Gasteiger partial charge is 0.242 e. The van der Waals surface area contributed by atoms with Crippen LogP contribution in [0.3, 0.4) is 0 Å². The molecule has 0 aliphatic rings. The third-order valence-corrected chi connectivity index (χ3v) is 2.19. The first-order valence-corrected chi connectivity index (χ1v) is 5.93. The number of carbonyl (C=O) groups excluding carboxylic acids is 2. The van der Waals surface area contributed by atoms with E-state index in [0.29, 0.717) is 0 Å². The fourth-order valence-corrected chi connectivity index (χ4v) is 1.24. The third-order valence-electron chi connectivity index (χ3n) is 2.19. The molecule has 4 N–H and O–H groups in total. The van der Waals surface area contributed by atoms with Crippen LogP contribution in [-0.4, -0.2) is 42.3 Å². The van der Waals surface area contributed by atoms with Crippen LogP contribution in [0.2, 0.25) is 0 Å². The van der Waals surface area contributed by atoms with E-state index < -0.39 is 12.3 Å². The summed E-state index contributed by atoms with van der Waals surface area (Å²) >= 11 is 0. The summed E-state index contributed by atoms with van der Waals surface area (Å²) in [4.78, 5) is 22.2. The van der Waals surface area contributed by atoms with Crippen molar-refractivity contribution >= 4 is 11.8 Å². The van der Waals surface area contributed by atoms with Crippen molar-refractivity contribution in [2.75, 3.05) is 13.1 Å². The molecule has 0 radical (unpaired) electrons. The van der Waals surface area contributed by atoms with Crippen molar-refractivity contribution in [2.45, 2.75) is 45.9 Å². The number of aliphatic hydroxyl groups excluding tert-OH is 1. The minimum absolute atomic E-state index is 0.131. The lowest BCUT2D eigenvalue weighted by molar-refractivity contribution is -0.127. The maximum Gasteiger partial charge on any atom is 0.242 e. The lowest BCUT2D eigenvalue weighted by Gasteiger charge is -2.16. The molecule has 6 nitrogen and oxygen atoms in total. The molecule has 0 saturated heterocycles. The van der Waals surface area contributed by atoms with Gasteiger partial charge in [0, 0.05) is 6.92 Å². The van der Waals surface area contributed by atoms with E-state index in [1.807, 2.05) is 0 Å². The molecule has 2 amide bonds. The Bertz CT molecular complexity index is 246. The van der Waals surface area contributed by atoms with Crippen LogP contribution in [0.1, 0.15) is 33.6 Å². The zero-order chi connectivity index (χ0) is 13.3. The predicted octanol–water partition coefficient (Wildman–Crippen LogP) is -0.665. The molecular weight excluding hydrogens is 222 g/mol. The normalized spacial score (nSPS) is 13.9. The maximum absolute atomic E-state index is 11.4. The summed E-state index contributed by atoms with van der Waals surface area (Å²) in [5.74, 6) is -0.564. The van der Waals surface area contributed by atoms with E-state index in [-0.39, 0.29) is 18.4 Å². The van der Waals surface area contributed by atoms with Gasteiger partial charge in [0.05, 0.1) is 6.54 Å². The van der Waals surface area contributed by atoms with Crippen LogP contribution in [0, 0.1) is 0 Å². The third kappa shape index (κ3) is 8.65. The van der Waals surface area contributed by atoms with Crippen LogP contribution in [0.4, 0.5) is 0 Å². The fraction of sp³-hybridized carbons (Fsp3) is 0.818. The Labute approximate surface area is 102 Å². The quantitative estimate of drug-likeness (QED) is 0.337. The van der Waals surface area contributed by atoms with Crippen LogP contribution in [0.15, 0.2) is 0 Å². The van der Waals surface area contributed by atoms with E-state index in [4.69, 9.17) is 0 Å². The first-order valence-electron chi connectivity index (χ1n) is 5.93. The summed E-state index contributed by atoms with van der Waals surface area (Å²) < 4.78 is 0. The molecule has 0 aromatic rings. The molecule has 0 bridgehead atoms. The summed E-state index contributed by atoms with van der Waals surface area (Å²) in [6.45, 7) is 5.85. The van der Waals surface area contributed by atoms with Crippen molar-refractivity contribution in [3.05, 3.63) is 0 Å². The van der Waals surface area contributed by atoms with E-state index in [1.165, 1.54) is 6.92 Å². The van der Waals surface area contributed by atoms with E-state index in [1.54, 1.807) is 6.92 Å². The highest BCUT2D eigenvalue weighted by Crippen LogP contribution is 1.86. The predicted molar refractivity (Wildman–Crippen MR) is 65.2 cm³/mol. The number of hydrogen-bond donors (Lipinski definition) is 4. The molecule has 0 aromatic heterocycles.